The van der Waals surface area contributed by atoms with Crippen LogP contribution < -0.4 is 0 Å². The third-order valence-electron chi connectivity index (χ3n) is 2.68. The lowest BCUT2D eigenvalue weighted by Gasteiger charge is -2.04. The first-order valence-electron chi connectivity index (χ1n) is 5.02. The molecule has 0 aliphatic heterocycles. The lowest BCUT2D eigenvalue weighted by atomic mass is 10.0. The van der Waals surface area contributed by atoms with E-state index in [2.05, 4.69) is 13.1 Å². The van der Waals surface area contributed by atoms with Crippen LogP contribution in [0.3, 0.4) is 0 Å². The number of carbonyl (C=O) groups is 1. The number of Topliss-reactive ketones (excluding diaryl/α,β-unsaturated/α-hetero) is 1. The average Bonchev–Trinajstić information content (AvgIpc) is 2.51. The number of rotatable bonds is 4. The standard InChI is InChI=1S/C10H19OSi/c1-12(2)8-7-10(11)9-5-3-4-6-9/h9H,3-8H2,1-2H3/q+1. The van der Waals surface area contributed by atoms with E-state index in [1.54, 1.807) is 0 Å². The Bertz CT molecular complexity index is 148. The van der Waals surface area contributed by atoms with E-state index in [-0.39, 0.29) is 8.80 Å². The summed E-state index contributed by atoms with van der Waals surface area (Å²) < 4.78 is 0. The fraction of sp³-hybridized carbons (Fsp3) is 0.900. The Hall–Kier alpha value is -0.113. The molecular formula is C10H19OSi+. The maximum atomic E-state index is 11.6. The second kappa shape index (κ2) is 4.80. The van der Waals surface area contributed by atoms with E-state index < -0.39 is 0 Å². The van der Waals surface area contributed by atoms with Gasteiger partial charge in [0.1, 0.15) is 5.78 Å². The highest BCUT2D eigenvalue weighted by molar-refractivity contribution is 6.55. The molecule has 1 fully saturated rings. The Morgan fingerprint density at radius 2 is 1.92 bits per heavy atom. The summed E-state index contributed by atoms with van der Waals surface area (Å²) in [6.45, 7) is 4.57. The van der Waals surface area contributed by atoms with Gasteiger partial charge in [-0.2, -0.15) is 0 Å². The second-order valence-electron chi connectivity index (χ2n) is 4.15. The topological polar surface area (TPSA) is 17.1 Å². The van der Waals surface area contributed by atoms with Crippen LogP contribution in [0.5, 0.6) is 0 Å². The van der Waals surface area contributed by atoms with Crippen LogP contribution in [0.4, 0.5) is 0 Å². The molecule has 1 aliphatic carbocycles. The first-order chi connectivity index (χ1) is 5.70. The van der Waals surface area contributed by atoms with Crippen molar-refractivity contribution < 1.29 is 4.79 Å². The smallest absolute Gasteiger partial charge is 0.299 e. The van der Waals surface area contributed by atoms with Crippen molar-refractivity contribution in [2.45, 2.75) is 51.2 Å². The van der Waals surface area contributed by atoms with Crippen LogP contribution >= 0.6 is 0 Å². The summed E-state index contributed by atoms with van der Waals surface area (Å²) in [6.07, 6.45) is 5.79. The number of hydrogen-bond donors (Lipinski definition) is 0. The Morgan fingerprint density at radius 1 is 1.33 bits per heavy atom. The maximum Gasteiger partial charge on any atom is 0.308 e. The van der Waals surface area contributed by atoms with Gasteiger partial charge in [-0.05, 0) is 12.8 Å². The first-order valence-corrected chi connectivity index (χ1v) is 7.72. The minimum atomic E-state index is -0.179. The molecule has 0 spiro atoms. The van der Waals surface area contributed by atoms with Gasteiger partial charge >= 0.3 is 8.80 Å². The third kappa shape index (κ3) is 3.09. The molecule has 1 nitrogen and oxygen atoms in total. The Labute approximate surface area is 77.2 Å². The molecule has 0 radical (unpaired) electrons. The quantitative estimate of drug-likeness (QED) is 0.613. The zero-order valence-corrected chi connectivity index (χ0v) is 9.23. The lowest BCUT2D eigenvalue weighted by Crippen LogP contribution is -2.12. The Kier molecular flexibility index (Phi) is 3.99. The molecule has 0 unspecified atom stereocenters. The molecule has 1 aliphatic rings. The molecule has 68 valence electrons. The first kappa shape index (κ1) is 9.97. The molecule has 0 aromatic carbocycles. The van der Waals surface area contributed by atoms with Crippen molar-refractivity contribution in [3.63, 3.8) is 0 Å². The van der Waals surface area contributed by atoms with Crippen molar-refractivity contribution in [2.75, 3.05) is 0 Å². The summed E-state index contributed by atoms with van der Waals surface area (Å²) in [5.41, 5.74) is 0. The fourth-order valence-electron chi connectivity index (χ4n) is 1.83. The molecule has 1 saturated carbocycles. The summed E-state index contributed by atoms with van der Waals surface area (Å²) >= 11 is 0. The van der Waals surface area contributed by atoms with Crippen molar-refractivity contribution in [3.8, 4) is 0 Å². The van der Waals surface area contributed by atoms with Gasteiger partial charge in [-0.25, -0.2) is 0 Å². The summed E-state index contributed by atoms with van der Waals surface area (Å²) in [4.78, 5) is 11.6. The van der Waals surface area contributed by atoms with Crippen LogP contribution in [-0.2, 0) is 4.79 Å². The molecule has 0 amide bonds. The number of carbonyl (C=O) groups excluding carboxylic acids is 1. The van der Waals surface area contributed by atoms with Crippen molar-refractivity contribution >= 4 is 14.6 Å². The van der Waals surface area contributed by atoms with Gasteiger partial charge in [0.25, 0.3) is 0 Å². The monoisotopic (exact) mass is 183 g/mol. The molecule has 0 heterocycles. The van der Waals surface area contributed by atoms with Gasteiger partial charge in [0.05, 0.1) is 19.1 Å². The van der Waals surface area contributed by atoms with Crippen LogP contribution in [-0.4, -0.2) is 14.6 Å². The molecule has 0 N–H and O–H groups in total. The van der Waals surface area contributed by atoms with E-state index in [0.717, 1.165) is 6.42 Å². The van der Waals surface area contributed by atoms with E-state index in [0.29, 0.717) is 11.7 Å². The van der Waals surface area contributed by atoms with Gasteiger partial charge in [0.15, 0.2) is 0 Å². The lowest BCUT2D eigenvalue weighted by molar-refractivity contribution is -0.122. The maximum absolute atomic E-state index is 11.6. The van der Waals surface area contributed by atoms with Crippen molar-refractivity contribution in [3.05, 3.63) is 0 Å². The van der Waals surface area contributed by atoms with E-state index >= 15 is 0 Å². The Balaban J connectivity index is 2.18. The van der Waals surface area contributed by atoms with E-state index in [1.165, 1.54) is 31.7 Å². The summed E-state index contributed by atoms with van der Waals surface area (Å²) in [5, 5.41) is 0. The van der Waals surface area contributed by atoms with Crippen LogP contribution in [0.2, 0.25) is 19.1 Å². The highest BCUT2D eigenvalue weighted by Gasteiger charge is 2.24. The van der Waals surface area contributed by atoms with Gasteiger partial charge in [-0.1, -0.05) is 12.8 Å². The van der Waals surface area contributed by atoms with Gasteiger partial charge in [-0.3, -0.25) is 4.79 Å². The molecule has 1 rings (SSSR count). The molecule has 0 bridgehead atoms. The molecule has 0 aromatic rings. The van der Waals surface area contributed by atoms with Crippen LogP contribution in [0.15, 0.2) is 0 Å². The highest BCUT2D eigenvalue weighted by Crippen LogP contribution is 2.26. The second-order valence-corrected chi connectivity index (χ2v) is 7.07. The molecule has 0 saturated heterocycles. The zero-order chi connectivity index (χ0) is 8.97. The van der Waals surface area contributed by atoms with E-state index in [9.17, 15) is 4.79 Å². The molecule has 2 heteroatoms. The van der Waals surface area contributed by atoms with Crippen molar-refractivity contribution in [1.82, 2.24) is 0 Å². The van der Waals surface area contributed by atoms with E-state index in [1.807, 2.05) is 0 Å². The third-order valence-corrected chi connectivity index (χ3v) is 3.93. The predicted octanol–water partition coefficient (Wildman–Crippen LogP) is 2.89. The largest absolute Gasteiger partial charge is 0.308 e. The van der Waals surface area contributed by atoms with E-state index in [4.69, 9.17) is 0 Å². The number of hydrogen-bond acceptors (Lipinski definition) is 1. The minimum absolute atomic E-state index is 0.179. The van der Waals surface area contributed by atoms with Gasteiger partial charge in [0.2, 0.25) is 0 Å². The minimum Gasteiger partial charge on any atom is -0.299 e. The zero-order valence-electron chi connectivity index (χ0n) is 8.23. The van der Waals surface area contributed by atoms with Gasteiger partial charge in [0, 0.05) is 12.3 Å². The van der Waals surface area contributed by atoms with Crippen LogP contribution in [0, 0.1) is 5.92 Å². The normalized spacial score (nSPS) is 18.2. The molecule has 0 aromatic heterocycles. The summed E-state index contributed by atoms with van der Waals surface area (Å²) in [6, 6.07) is 1.18. The highest BCUT2D eigenvalue weighted by atomic mass is 28.3. The summed E-state index contributed by atoms with van der Waals surface area (Å²) in [7, 11) is -0.179. The van der Waals surface area contributed by atoms with Gasteiger partial charge in [-0.15, -0.1) is 0 Å². The molecular weight excluding hydrogens is 164 g/mol. The molecule has 12 heavy (non-hydrogen) atoms. The summed E-state index contributed by atoms with van der Waals surface area (Å²) in [5.74, 6) is 1.00. The number of ketones is 1. The SMILES string of the molecule is C[Si+](C)CCC(=O)C1CCCC1. The molecule has 0 atom stereocenters. The average molecular weight is 183 g/mol. The predicted molar refractivity (Wildman–Crippen MR) is 53.9 cm³/mol. The van der Waals surface area contributed by atoms with Gasteiger partial charge < -0.3 is 0 Å². The van der Waals surface area contributed by atoms with Crippen LogP contribution in [0.25, 0.3) is 0 Å². The Morgan fingerprint density at radius 3 is 2.42 bits per heavy atom. The van der Waals surface area contributed by atoms with Crippen molar-refractivity contribution in [2.24, 2.45) is 5.92 Å². The fourth-order valence-corrected chi connectivity index (χ4v) is 2.57. The van der Waals surface area contributed by atoms with Crippen molar-refractivity contribution in [1.29, 1.82) is 0 Å². The van der Waals surface area contributed by atoms with Crippen LogP contribution in [0.1, 0.15) is 32.1 Å².